The molecule has 1 aliphatic heterocycles. The molecular formula is C25H30FN3O2. The first-order valence-corrected chi connectivity index (χ1v) is 11.2. The first-order chi connectivity index (χ1) is 15.1. The van der Waals surface area contributed by atoms with E-state index >= 15 is 0 Å². The Morgan fingerprint density at radius 3 is 2.29 bits per heavy atom. The smallest absolute Gasteiger partial charge is 0.321 e. The van der Waals surface area contributed by atoms with Crippen molar-refractivity contribution in [3.63, 3.8) is 0 Å². The van der Waals surface area contributed by atoms with Gasteiger partial charge in [-0.25, -0.2) is 9.18 Å². The van der Waals surface area contributed by atoms with Gasteiger partial charge in [0.2, 0.25) is 5.91 Å². The van der Waals surface area contributed by atoms with Crippen LogP contribution in [0, 0.1) is 11.7 Å². The highest BCUT2D eigenvalue weighted by Crippen LogP contribution is 2.23. The van der Waals surface area contributed by atoms with Crippen LogP contribution >= 0.6 is 0 Å². The molecule has 5 nitrogen and oxygen atoms in total. The second-order valence-electron chi connectivity index (χ2n) is 8.70. The summed E-state index contributed by atoms with van der Waals surface area (Å²) in [5.74, 6) is 0.266. The molecule has 2 aromatic rings. The quantitative estimate of drug-likeness (QED) is 0.688. The van der Waals surface area contributed by atoms with E-state index in [1.54, 1.807) is 23.1 Å². The fourth-order valence-electron chi connectivity index (χ4n) is 4.06. The molecule has 0 radical (unpaired) electrons. The Balaban J connectivity index is 1.19. The highest BCUT2D eigenvalue weighted by molar-refractivity contribution is 5.89. The van der Waals surface area contributed by atoms with Crippen LogP contribution in [0.25, 0.3) is 0 Å². The molecule has 2 aliphatic rings. The predicted octanol–water partition coefficient (Wildman–Crippen LogP) is 4.52. The normalized spacial score (nSPS) is 16.7. The number of hydrogen-bond acceptors (Lipinski definition) is 2. The van der Waals surface area contributed by atoms with Gasteiger partial charge < -0.3 is 15.5 Å². The number of carbonyl (C=O) groups is 2. The fourth-order valence-corrected chi connectivity index (χ4v) is 4.06. The molecule has 0 spiro atoms. The maximum Gasteiger partial charge on any atom is 0.321 e. The zero-order chi connectivity index (χ0) is 21.6. The Hall–Kier alpha value is -2.89. The lowest BCUT2D eigenvalue weighted by molar-refractivity contribution is -0.121. The summed E-state index contributed by atoms with van der Waals surface area (Å²) < 4.78 is 13.7. The van der Waals surface area contributed by atoms with Crippen LogP contribution in [0.1, 0.15) is 43.2 Å². The van der Waals surface area contributed by atoms with Crippen molar-refractivity contribution < 1.29 is 14.0 Å². The van der Waals surface area contributed by atoms with E-state index in [0.29, 0.717) is 31.5 Å². The van der Waals surface area contributed by atoms with Crippen molar-refractivity contribution in [2.45, 2.75) is 51.0 Å². The number of para-hydroxylation sites is 1. The summed E-state index contributed by atoms with van der Waals surface area (Å²) in [6.07, 6.45) is 6.43. The van der Waals surface area contributed by atoms with E-state index in [1.165, 1.54) is 17.2 Å². The van der Waals surface area contributed by atoms with Crippen molar-refractivity contribution in [1.82, 2.24) is 10.2 Å². The third kappa shape index (κ3) is 6.29. The van der Waals surface area contributed by atoms with E-state index in [-0.39, 0.29) is 17.6 Å². The molecule has 1 saturated heterocycles. The molecule has 164 valence electrons. The van der Waals surface area contributed by atoms with Crippen LogP contribution in [-0.2, 0) is 17.6 Å². The van der Waals surface area contributed by atoms with Crippen LogP contribution in [-0.4, -0.2) is 36.0 Å². The summed E-state index contributed by atoms with van der Waals surface area (Å²) in [5, 5.41) is 5.70. The van der Waals surface area contributed by atoms with Crippen molar-refractivity contribution in [2.75, 3.05) is 18.4 Å². The Labute approximate surface area is 183 Å². The highest BCUT2D eigenvalue weighted by atomic mass is 19.1. The first-order valence-electron chi connectivity index (χ1n) is 11.2. The van der Waals surface area contributed by atoms with Gasteiger partial charge in [-0.2, -0.15) is 0 Å². The third-order valence-corrected chi connectivity index (χ3v) is 6.15. The highest BCUT2D eigenvalue weighted by Gasteiger charge is 2.24. The topological polar surface area (TPSA) is 61.4 Å². The number of hydrogen-bond donors (Lipinski definition) is 2. The number of likely N-dealkylation sites (tertiary alicyclic amines) is 1. The fraction of sp³-hybridized carbons (Fsp3) is 0.440. The number of halogens is 1. The lowest BCUT2D eigenvalue weighted by Crippen LogP contribution is -2.41. The van der Waals surface area contributed by atoms with Crippen molar-refractivity contribution in [1.29, 1.82) is 0 Å². The number of nitrogens with one attached hydrogen (secondary N) is 2. The average Bonchev–Trinajstić information content (AvgIpc) is 3.59. The number of amides is 3. The molecule has 0 unspecified atom stereocenters. The zero-order valence-electron chi connectivity index (χ0n) is 17.8. The molecule has 4 rings (SSSR count). The Morgan fingerprint density at radius 1 is 0.935 bits per heavy atom. The molecule has 2 fully saturated rings. The molecule has 31 heavy (non-hydrogen) atoms. The summed E-state index contributed by atoms with van der Waals surface area (Å²) in [6.45, 7) is 1.36. The van der Waals surface area contributed by atoms with Crippen molar-refractivity contribution in [3.05, 3.63) is 65.5 Å². The standard InChI is InChI=1S/C25H30FN3O2/c26-22-3-1-2-4-23(22)28-25(31)29-15-13-20(14-16-29)17-19-7-5-18(6-8-19)9-12-24(30)27-21-10-11-21/h1-8,20-21H,9-17H2,(H,27,30)(H,28,31). The van der Waals surface area contributed by atoms with E-state index in [0.717, 1.165) is 38.5 Å². The van der Waals surface area contributed by atoms with E-state index in [2.05, 4.69) is 34.9 Å². The van der Waals surface area contributed by atoms with Gasteiger partial charge in [0.1, 0.15) is 5.82 Å². The summed E-state index contributed by atoms with van der Waals surface area (Å²) in [6, 6.07) is 15.0. The van der Waals surface area contributed by atoms with Crippen LogP contribution in [0.5, 0.6) is 0 Å². The largest absolute Gasteiger partial charge is 0.353 e. The lowest BCUT2D eigenvalue weighted by Gasteiger charge is -2.32. The molecule has 0 bridgehead atoms. The molecule has 0 aromatic heterocycles. The van der Waals surface area contributed by atoms with Gasteiger partial charge in [0.15, 0.2) is 0 Å². The Kier molecular flexibility index (Phi) is 6.85. The minimum atomic E-state index is -0.419. The second kappa shape index (κ2) is 9.94. The number of carbonyl (C=O) groups excluding carboxylic acids is 2. The van der Waals surface area contributed by atoms with Crippen LogP contribution in [0.15, 0.2) is 48.5 Å². The number of anilines is 1. The number of rotatable bonds is 7. The Morgan fingerprint density at radius 2 is 1.61 bits per heavy atom. The number of piperidine rings is 1. The van der Waals surface area contributed by atoms with Crippen LogP contribution in [0.3, 0.4) is 0 Å². The Bertz CT molecular complexity index is 903. The minimum absolute atomic E-state index is 0.150. The van der Waals surface area contributed by atoms with E-state index in [4.69, 9.17) is 0 Å². The third-order valence-electron chi connectivity index (χ3n) is 6.15. The van der Waals surface area contributed by atoms with Crippen molar-refractivity contribution in [2.24, 2.45) is 5.92 Å². The molecule has 3 amide bonds. The van der Waals surface area contributed by atoms with E-state index < -0.39 is 5.82 Å². The van der Waals surface area contributed by atoms with Crippen molar-refractivity contribution in [3.8, 4) is 0 Å². The lowest BCUT2D eigenvalue weighted by atomic mass is 9.90. The summed E-state index contributed by atoms with van der Waals surface area (Å²) in [4.78, 5) is 26.0. The van der Waals surface area contributed by atoms with Gasteiger partial charge in [0, 0.05) is 25.6 Å². The van der Waals surface area contributed by atoms with Gasteiger partial charge in [0.05, 0.1) is 5.69 Å². The van der Waals surface area contributed by atoms with Gasteiger partial charge in [-0.15, -0.1) is 0 Å². The summed E-state index contributed by atoms with van der Waals surface area (Å²) in [7, 11) is 0. The first kappa shape index (κ1) is 21.3. The molecular weight excluding hydrogens is 393 g/mol. The van der Waals surface area contributed by atoms with Gasteiger partial charge in [0.25, 0.3) is 0 Å². The van der Waals surface area contributed by atoms with Crippen LogP contribution in [0.4, 0.5) is 14.9 Å². The zero-order valence-corrected chi connectivity index (χ0v) is 17.8. The van der Waals surface area contributed by atoms with E-state index in [9.17, 15) is 14.0 Å². The number of nitrogens with zero attached hydrogens (tertiary/aromatic N) is 1. The van der Waals surface area contributed by atoms with E-state index in [1.807, 2.05) is 0 Å². The molecule has 2 aromatic carbocycles. The molecule has 1 heterocycles. The van der Waals surface area contributed by atoms with Gasteiger partial charge in [-0.1, -0.05) is 36.4 Å². The maximum absolute atomic E-state index is 13.7. The maximum atomic E-state index is 13.7. The molecule has 1 aliphatic carbocycles. The molecule has 0 atom stereocenters. The van der Waals surface area contributed by atoms with Crippen molar-refractivity contribution >= 4 is 17.6 Å². The minimum Gasteiger partial charge on any atom is -0.353 e. The number of benzene rings is 2. The molecule has 6 heteroatoms. The van der Waals surface area contributed by atoms with Crippen LogP contribution < -0.4 is 10.6 Å². The van der Waals surface area contributed by atoms with Gasteiger partial charge in [-0.3, -0.25) is 4.79 Å². The summed E-state index contributed by atoms with van der Waals surface area (Å²) in [5.41, 5.74) is 2.70. The number of urea groups is 1. The van der Waals surface area contributed by atoms with Gasteiger partial charge >= 0.3 is 6.03 Å². The SMILES string of the molecule is O=C(CCc1ccc(CC2CCN(C(=O)Nc3ccccc3F)CC2)cc1)NC1CC1. The second-order valence-corrected chi connectivity index (χ2v) is 8.70. The molecule has 2 N–H and O–H groups in total. The summed E-state index contributed by atoms with van der Waals surface area (Å²) >= 11 is 0. The monoisotopic (exact) mass is 423 g/mol. The average molecular weight is 424 g/mol. The molecule has 1 saturated carbocycles. The van der Waals surface area contributed by atoms with Crippen LogP contribution in [0.2, 0.25) is 0 Å². The predicted molar refractivity (Wildman–Crippen MR) is 119 cm³/mol. The van der Waals surface area contributed by atoms with Gasteiger partial charge in [-0.05, 0) is 67.7 Å². The number of aryl methyl sites for hydroxylation is 1.